The van der Waals surface area contributed by atoms with E-state index in [9.17, 15) is 4.79 Å². The van der Waals surface area contributed by atoms with E-state index in [1.807, 2.05) is 41.7 Å². The first kappa shape index (κ1) is 25.0. The molecule has 1 aliphatic heterocycles. The van der Waals surface area contributed by atoms with Crippen LogP contribution in [0.4, 0.5) is 5.69 Å². The SMILES string of the molecule is CCCN(Cc1cncn1Cc1ccc(C#N)cc1)c1ccc2sc(C(=O)N3CCN(C)CC3)cc2c1. The summed E-state index contributed by atoms with van der Waals surface area (Å²) in [5.41, 5.74) is 4.09. The minimum Gasteiger partial charge on any atom is -0.366 e. The molecule has 0 radical (unpaired) electrons. The van der Waals surface area contributed by atoms with Gasteiger partial charge < -0.3 is 19.3 Å². The van der Waals surface area contributed by atoms with Crippen LogP contribution >= 0.6 is 11.3 Å². The number of benzene rings is 2. The number of hydrogen-bond donors (Lipinski definition) is 0. The number of amides is 1. The number of fused-ring (bicyclic) bond motifs is 1. The van der Waals surface area contributed by atoms with Gasteiger partial charge in [-0.25, -0.2) is 4.98 Å². The number of nitriles is 1. The Morgan fingerprint density at radius 3 is 2.62 bits per heavy atom. The summed E-state index contributed by atoms with van der Waals surface area (Å²) in [7, 11) is 2.10. The third-order valence-corrected chi connectivity index (χ3v) is 8.05. The minimum absolute atomic E-state index is 0.146. The second-order valence-electron chi connectivity index (χ2n) is 9.67. The van der Waals surface area contributed by atoms with Gasteiger partial charge in [0.25, 0.3) is 5.91 Å². The maximum Gasteiger partial charge on any atom is 0.264 e. The quantitative estimate of drug-likeness (QED) is 0.339. The fourth-order valence-corrected chi connectivity index (χ4v) is 5.78. The molecule has 2 aromatic carbocycles. The molecule has 190 valence electrons. The Labute approximate surface area is 222 Å². The maximum atomic E-state index is 13.1. The van der Waals surface area contributed by atoms with Gasteiger partial charge in [0, 0.05) is 55.9 Å². The molecule has 0 unspecified atom stereocenters. The average Bonchev–Trinajstić information content (AvgIpc) is 3.55. The number of carbonyl (C=O) groups excluding carboxylic acids is 1. The number of anilines is 1. The molecule has 8 heteroatoms. The summed E-state index contributed by atoms with van der Waals surface area (Å²) in [6.45, 7) is 7.99. The minimum atomic E-state index is 0.146. The molecular weight excluding hydrogens is 480 g/mol. The van der Waals surface area contributed by atoms with Crippen LogP contribution in [0.25, 0.3) is 10.1 Å². The lowest BCUT2D eigenvalue weighted by molar-refractivity contribution is 0.0669. The number of thiophene rings is 1. The van der Waals surface area contributed by atoms with Gasteiger partial charge in [0.1, 0.15) is 0 Å². The molecule has 1 aliphatic rings. The molecule has 1 saturated heterocycles. The zero-order valence-corrected chi connectivity index (χ0v) is 22.2. The molecule has 7 nitrogen and oxygen atoms in total. The number of likely N-dealkylation sites (N-methyl/N-ethyl adjacent to an activating group) is 1. The lowest BCUT2D eigenvalue weighted by Gasteiger charge is -2.32. The Hall–Kier alpha value is -3.67. The Kier molecular flexibility index (Phi) is 7.54. The third kappa shape index (κ3) is 5.68. The summed E-state index contributed by atoms with van der Waals surface area (Å²) in [4.78, 5) is 25.0. The Bertz CT molecular complexity index is 1410. The van der Waals surface area contributed by atoms with Crippen molar-refractivity contribution < 1.29 is 4.79 Å². The molecule has 0 saturated carbocycles. The summed E-state index contributed by atoms with van der Waals surface area (Å²) < 4.78 is 3.31. The van der Waals surface area contributed by atoms with Crippen molar-refractivity contribution in [2.45, 2.75) is 26.4 Å². The van der Waals surface area contributed by atoms with E-state index in [4.69, 9.17) is 5.26 Å². The number of aromatic nitrogens is 2. The first-order chi connectivity index (χ1) is 18.0. The van der Waals surface area contributed by atoms with Gasteiger partial charge in [-0.15, -0.1) is 11.3 Å². The largest absolute Gasteiger partial charge is 0.366 e. The fraction of sp³-hybridized carbons (Fsp3) is 0.345. The highest BCUT2D eigenvalue weighted by molar-refractivity contribution is 7.20. The van der Waals surface area contributed by atoms with Gasteiger partial charge in [0.2, 0.25) is 0 Å². The summed E-state index contributed by atoms with van der Waals surface area (Å²) in [5, 5.41) is 10.2. The van der Waals surface area contributed by atoms with Crippen molar-refractivity contribution >= 4 is 33.0 Å². The molecule has 3 heterocycles. The first-order valence-corrected chi connectivity index (χ1v) is 13.6. The summed E-state index contributed by atoms with van der Waals surface area (Å²) >= 11 is 1.59. The topological polar surface area (TPSA) is 68.4 Å². The van der Waals surface area contributed by atoms with E-state index in [1.54, 1.807) is 11.3 Å². The van der Waals surface area contributed by atoms with Crippen molar-refractivity contribution in [3.05, 3.63) is 82.8 Å². The number of carbonyl (C=O) groups is 1. The van der Waals surface area contributed by atoms with Crippen molar-refractivity contribution in [3.8, 4) is 6.07 Å². The van der Waals surface area contributed by atoms with E-state index in [0.29, 0.717) is 12.1 Å². The van der Waals surface area contributed by atoms with Crippen molar-refractivity contribution in [1.82, 2.24) is 19.4 Å². The van der Waals surface area contributed by atoms with Crippen LogP contribution in [0.1, 0.15) is 39.8 Å². The predicted molar refractivity (Wildman–Crippen MR) is 149 cm³/mol. The van der Waals surface area contributed by atoms with Crippen molar-refractivity contribution in [2.24, 2.45) is 0 Å². The fourth-order valence-electron chi connectivity index (χ4n) is 4.77. The third-order valence-electron chi connectivity index (χ3n) is 6.95. The molecule has 0 spiro atoms. The van der Waals surface area contributed by atoms with Crippen LogP contribution in [0.15, 0.2) is 61.1 Å². The maximum absolute atomic E-state index is 13.1. The Balaban J connectivity index is 1.34. The van der Waals surface area contributed by atoms with Gasteiger partial charge in [0.05, 0.1) is 35.1 Å². The van der Waals surface area contributed by atoms with E-state index in [1.165, 1.54) is 0 Å². The molecule has 5 rings (SSSR count). The molecule has 0 atom stereocenters. The standard InChI is InChI=1S/C29H32N6OS/c1-3-10-34(20-26-18-31-21-35(26)19-23-6-4-22(17-30)5-7-23)25-8-9-27-24(15-25)16-28(37-27)29(36)33-13-11-32(2)12-14-33/h4-9,15-16,18,21H,3,10-14,19-20H2,1-2H3. The smallest absolute Gasteiger partial charge is 0.264 e. The highest BCUT2D eigenvalue weighted by Gasteiger charge is 2.22. The van der Waals surface area contributed by atoms with Gasteiger partial charge in [-0.2, -0.15) is 5.26 Å². The molecule has 37 heavy (non-hydrogen) atoms. The molecule has 4 aromatic rings. The van der Waals surface area contributed by atoms with Crippen LogP contribution in [0.5, 0.6) is 0 Å². The molecule has 0 aliphatic carbocycles. The van der Waals surface area contributed by atoms with E-state index < -0.39 is 0 Å². The van der Waals surface area contributed by atoms with E-state index >= 15 is 0 Å². The van der Waals surface area contributed by atoms with Crippen LogP contribution in [-0.4, -0.2) is 65.0 Å². The number of piperazine rings is 1. The van der Waals surface area contributed by atoms with Gasteiger partial charge >= 0.3 is 0 Å². The zero-order chi connectivity index (χ0) is 25.8. The van der Waals surface area contributed by atoms with Gasteiger partial charge in [0.15, 0.2) is 0 Å². The van der Waals surface area contributed by atoms with E-state index in [0.717, 1.165) is 77.6 Å². The van der Waals surface area contributed by atoms with E-state index in [-0.39, 0.29) is 5.91 Å². The van der Waals surface area contributed by atoms with Gasteiger partial charge in [-0.1, -0.05) is 19.1 Å². The second kappa shape index (κ2) is 11.2. The summed E-state index contributed by atoms with van der Waals surface area (Å²) in [6, 6.07) is 18.5. The number of rotatable bonds is 8. The molecular formula is C29H32N6OS. The van der Waals surface area contributed by atoms with Crippen molar-refractivity contribution in [2.75, 3.05) is 44.7 Å². The van der Waals surface area contributed by atoms with Crippen LogP contribution in [0.3, 0.4) is 0 Å². The van der Waals surface area contributed by atoms with Crippen LogP contribution in [0, 0.1) is 11.3 Å². The monoisotopic (exact) mass is 512 g/mol. The Morgan fingerprint density at radius 1 is 1.11 bits per heavy atom. The van der Waals surface area contributed by atoms with Crippen LogP contribution in [0.2, 0.25) is 0 Å². The normalized spacial score (nSPS) is 14.1. The number of hydrogen-bond acceptors (Lipinski definition) is 6. The lowest BCUT2D eigenvalue weighted by atomic mass is 10.1. The van der Waals surface area contributed by atoms with Crippen molar-refractivity contribution in [3.63, 3.8) is 0 Å². The highest BCUT2D eigenvalue weighted by Crippen LogP contribution is 2.31. The predicted octanol–water partition coefficient (Wildman–Crippen LogP) is 4.82. The van der Waals surface area contributed by atoms with Crippen LogP contribution in [-0.2, 0) is 13.1 Å². The first-order valence-electron chi connectivity index (χ1n) is 12.8. The van der Waals surface area contributed by atoms with Gasteiger partial charge in [-0.05, 0) is 60.8 Å². The average molecular weight is 513 g/mol. The highest BCUT2D eigenvalue weighted by atomic mass is 32.1. The zero-order valence-electron chi connectivity index (χ0n) is 21.4. The molecule has 0 N–H and O–H groups in total. The second-order valence-corrected chi connectivity index (χ2v) is 10.8. The summed E-state index contributed by atoms with van der Waals surface area (Å²) in [6.07, 6.45) is 4.83. The number of imidazole rings is 1. The molecule has 2 aromatic heterocycles. The molecule has 0 bridgehead atoms. The Morgan fingerprint density at radius 2 is 1.89 bits per heavy atom. The van der Waals surface area contributed by atoms with Gasteiger partial charge in [-0.3, -0.25) is 4.79 Å². The molecule has 1 fully saturated rings. The van der Waals surface area contributed by atoms with Crippen LogP contribution < -0.4 is 4.90 Å². The lowest BCUT2D eigenvalue weighted by Crippen LogP contribution is -2.46. The molecule has 1 amide bonds. The number of nitrogens with zero attached hydrogens (tertiary/aromatic N) is 6. The van der Waals surface area contributed by atoms with Crippen molar-refractivity contribution in [1.29, 1.82) is 5.26 Å². The summed E-state index contributed by atoms with van der Waals surface area (Å²) in [5.74, 6) is 0.146. The van der Waals surface area contributed by atoms with E-state index in [2.05, 4.69) is 63.7 Å².